The second-order valence-electron chi connectivity index (χ2n) is 8.53. The molecule has 2 amide bonds. The lowest BCUT2D eigenvalue weighted by Crippen LogP contribution is -2.71. The van der Waals surface area contributed by atoms with E-state index in [2.05, 4.69) is 0 Å². The van der Waals surface area contributed by atoms with Gasteiger partial charge in [0, 0.05) is 18.2 Å². The van der Waals surface area contributed by atoms with Crippen molar-refractivity contribution in [2.75, 3.05) is 18.1 Å². The SMILES string of the molecule is O=C(Cc1ccccc1)N1C[C@@H]2[C@H](c3ccccc31)[C@@H](CO)N2C(=O)Cc1ccccc1. The number of fused-ring (bicyclic) bond motifs is 3. The Bertz CT molecular complexity index is 1120. The second kappa shape index (κ2) is 8.60. The lowest BCUT2D eigenvalue weighted by Gasteiger charge is -2.59. The van der Waals surface area contributed by atoms with Gasteiger partial charge in [-0.2, -0.15) is 0 Å². The van der Waals surface area contributed by atoms with Crippen molar-refractivity contribution in [1.82, 2.24) is 4.90 Å². The van der Waals surface area contributed by atoms with E-state index in [9.17, 15) is 14.7 Å². The van der Waals surface area contributed by atoms with Crippen LogP contribution in [0, 0.1) is 0 Å². The van der Waals surface area contributed by atoms with Crippen molar-refractivity contribution in [2.24, 2.45) is 0 Å². The molecule has 3 atom stereocenters. The second-order valence-corrected chi connectivity index (χ2v) is 8.53. The number of aliphatic hydroxyl groups is 1. The minimum Gasteiger partial charge on any atom is -0.394 e. The molecule has 2 aliphatic rings. The summed E-state index contributed by atoms with van der Waals surface area (Å²) in [6.07, 6.45) is 0.605. The van der Waals surface area contributed by atoms with Crippen LogP contribution in [0.3, 0.4) is 0 Å². The van der Waals surface area contributed by atoms with Crippen LogP contribution in [-0.2, 0) is 22.4 Å². The molecule has 2 heterocycles. The lowest BCUT2D eigenvalue weighted by atomic mass is 9.71. The van der Waals surface area contributed by atoms with Gasteiger partial charge in [-0.05, 0) is 22.8 Å². The molecule has 1 fully saturated rings. The lowest BCUT2D eigenvalue weighted by molar-refractivity contribution is -0.150. The van der Waals surface area contributed by atoms with E-state index < -0.39 is 0 Å². The van der Waals surface area contributed by atoms with E-state index in [0.717, 1.165) is 22.4 Å². The van der Waals surface area contributed by atoms with Crippen LogP contribution in [0.5, 0.6) is 0 Å². The average molecular weight is 427 g/mol. The van der Waals surface area contributed by atoms with Crippen molar-refractivity contribution in [3.8, 4) is 0 Å². The number of para-hydroxylation sites is 1. The summed E-state index contributed by atoms with van der Waals surface area (Å²) in [5.74, 6) is 0.0491. The Morgan fingerprint density at radius 1 is 0.781 bits per heavy atom. The molecule has 0 aliphatic carbocycles. The van der Waals surface area contributed by atoms with Gasteiger partial charge in [-0.1, -0.05) is 78.9 Å². The molecule has 3 aromatic carbocycles. The summed E-state index contributed by atoms with van der Waals surface area (Å²) in [6, 6.07) is 26.9. The van der Waals surface area contributed by atoms with E-state index in [0.29, 0.717) is 19.4 Å². The van der Waals surface area contributed by atoms with Crippen molar-refractivity contribution in [1.29, 1.82) is 0 Å². The summed E-state index contributed by atoms with van der Waals surface area (Å²) >= 11 is 0. The van der Waals surface area contributed by atoms with Gasteiger partial charge in [0.05, 0.1) is 31.5 Å². The highest BCUT2D eigenvalue weighted by Gasteiger charge is 2.54. The Hall–Kier alpha value is -3.44. The molecule has 0 unspecified atom stereocenters. The van der Waals surface area contributed by atoms with Crippen LogP contribution in [0.25, 0.3) is 0 Å². The maximum absolute atomic E-state index is 13.3. The van der Waals surface area contributed by atoms with Gasteiger partial charge in [0.25, 0.3) is 0 Å². The van der Waals surface area contributed by atoms with E-state index in [4.69, 9.17) is 0 Å². The summed E-state index contributed by atoms with van der Waals surface area (Å²) < 4.78 is 0. The molecule has 5 heteroatoms. The van der Waals surface area contributed by atoms with Crippen molar-refractivity contribution in [3.63, 3.8) is 0 Å². The number of benzene rings is 3. The third kappa shape index (κ3) is 3.59. The molecule has 3 aromatic rings. The van der Waals surface area contributed by atoms with Crippen molar-refractivity contribution in [2.45, 2.75) is 30.8 Å². The number of aliphatic hydroxyl groups excluding tert-OH is 1. The Labute approximate surface area is 187 Å². The fourth-order valence-corrected chi connectivity index (χ4v) is 5.20. The van der Waals surface area contributed by atoms with Gasteiger partial charge in [0.1, 0.15) is 0 Å². The summed E-state index contributed by atoms with van der Waals surface area (Å²) in [7, 11) is 0. The van der Waals surface area contributed by atoms with E-state index in [1.165, 1.54) is 0 Å². The van der Waals surface area contributed by atoms with Gasteiger partial charge >= 0.3 is 0 Å². The highest BCUT2D eigenvalue weighted by atomic mass is 16.3. The number of carbonyl (C=O) groups excluding carboxylic acids is 2. The van der Waals surface area contributed by atoms with Crippen LogP contribution < -0.4 is 4.90 Å². The van der Waals surface area contributed by atoms with E-state index >= 15 is 0 Å². The largest absolute Gasteiger partial charge is 0.394 e. The molecule has 1 saturated heterocycles. The minimum atomic E-state index is -0.260. The molecular formula is C27H26N2O3. The Balaban J connectivity index is 1.43. The van der Waals surface area contributed by atoms with Crippen LogP contribution in [-0.4, -0.2) is 47.1 Å². The van der Waals surface area contributed by atoms with Gasteiger partial charge < -0.3 is 14.9 Å². The Morgan fingerprint density at radius 2 is 1.34 bits per heavy atom. The average Bonchev–Trinajstić information content (AvgIpc) is 2.80. The zero-order valence-electron chi connectivity index (χ0n) is 17.8. The van der Waals surface area contributed by atoms with Crippen LogP contribution in [0.15, 0.2) is 84.9 Å². The quantitative estimate of drug-likeness (QED) is 0.682. The van der Waals surface area contributed by atoms with Crippen molar-refractivity contribution in [3.05, 3.63) is 102 Å². The summed E-state index contributed by atoms with van der Waals surface area (Å²) in [4.78, 5) is 30.1. The predicted molar refractivity (Wildman–Crippen MR) is 123 cm³/mol. The van der Waals surface area contributed by atoms with Crippen LogP contribution in [0.2, 0.25) is 0 Å². The molecule has 0 spiro atoms. The molecule has 162 valence electrons. The number of carbonyl (C=O) groups is 2. The Morgan fingerprint density at radius 3 is 1.97 bits per heavy atom. The van der Waals surface area contributed by atoms with E-state index in [1.54, 1.807) is 4.90 Å². The number of nitrogens with zero attached hydrogens (tertiary/aromatic N) is 2. The first-order chi connectivity index (χ1) is 15.7. The fraction of sp³-hybridized carbons (Fsp3) is 0.259. The Kier molecular flexibility index (Phi) is 5.50. The van der Waals surface area contributed by atoms with Gasteiger partial charge in [-0.15, -0.1) is 0 Å². The number of hydrogen-bond acceptors (Lipinski definition) is 3. The number of likely N-dealkylation sites (tertiary alicyclic amines) is 1. The standard InChI is InChI=1S/C27H26N2O3/c30-18-24-27-21-13-7-8-14-22(21)28(25(31)15-19-9-3-1-4-10-19)17-23(27)29(24)26(32)16-20-11-5-2-6-12-20/h1-14,23-24,27,30H,15-18H2/t23-,24-,27+/m1/s1. The molecule has 1 N–H and O–H groups in total. The zero-order chi connectivity index (χ0) is 22.1. The highest BCUT2D eigenvalue weighted by molar-refractivity contribution is 5.97. The molecule has 0 bridgehead atoms. The molecule has 32 heavy (non-hydrogen) atoms. The highest BCUT2D eigenvalue weighted by Crippen LogP contribution is 2.48. The summed E-state index contributed by atoms with van der Waals surface area (Å²) in [6.45, 7) is 0.359. The maximum atomic E-state index is 13.3. The molecule has 5 rings (SSSR count). The molecule has 2 aliphatic heterocycles. The van der Waals surface area contributed by atoms with Crippen LogP contribution in [0.4, 0.5) is 5.69 Å². The third-order valence-electron chi connectivity index (χ3n) is 6.67. The van der Waals surface area contributed by atoms with Crippen molar-refractivity contribution >= 4 is 17.5 Å². The molecule has 0 saturated carbocycles. The summed E-state index contributed by atoms with van der Waals surface area (Å²) in [5, 5.41) is 10.1. The first kappa shape index (κ1) is 20.5. The van der Waals surface area contributed by atoms with Gasteiger partial charge in [0.2, 0.25) is 11.8 Å². The first-order valence-corrected chi connectivity index (χ1v) is 11.1. The molecular weight excluding hydrogens is 400 g/mol. The number of rotatable bonds is 5. The van der Waals surface area contributed by atoms with Crippen LogP contribution in [0.1, 0.15) is 22.6 Å². The third-order valence-corrected chi connectivity index (χ3v) is 6.67. The van der Waals surface area contributed by atoms with Gasteiger partial charge in [-0.3, -0.25) is 9.59 Å². The van der Waals surface area contributed by atoms with E-state index in [-0.39, 0.29) is 36.4 Å². The zero-order valence-corrected chi connectivity index (χ0v) is 17.8. The smallest absolute Gasteiger partial charge is 0.231 e. The summed E-state index contributed by atoms with van der Waals surface area (Å²) in [5.41, 5.74) is 3.85. The maximum Gasteiger partial charge on any atom is 0.231 e. The monoisotopic (exact) mass is 426 g/mol. The molecule has 0 aromatic heterocycles. The van der Waals surface area contributed by atoms with E-state index in [1.807, 2.05) is 89.8 Å². The number of amides is 2. The number of hydrogen-bond donors (Lipinski definition) is 1. The minimum absolute atomic E-state index is 0.00802. The predicted octanol–water partition coefficient (Wildman–Crippen LogP) is 3.17. The fourth-order valence-electron chi connectivity index (χ4n) is 5.20. The molecule has 0 radical (unpaired) electrons. The van der Waals surface area contributed by atoms with Gasteiger partial charge in [-0.25, -0.2) is 0 Å². The first-order valence-electron chi connectivity index (χ1n) is 11.1. The molecule has 5 nitrogen and oxygen atoms in total. The van der Waals surface area contributed by atoms with Gasteiger partial charge in [0.15, 0.2) is 0 Å². The topological polar surface area (TPSA) is 60.9 Å². The number of anilines is 1. The van der Waals surface area contributed by atoms with Crippen molar-refractivity contribution < 1.29 is 14.7 Å². The normalized spacial score (nSPS) is 21.3. The van der Waals surface area contributed by atoms with Crippen LogP contribution >= 0.6 is 0 Å².